The van der Waals surface area contributed by atoms with Gasteiger partial charge in [-0.25, -0.2) is 0 Å². The van der Waals surface area contributed by atoms with Crippen LogP contribution in [0.15, 0.2) is 12.2 Å². The summed E-state index contributed by atoms with van der Waals surface area (Å²) in [5, 5.41) is 3.50. The van der Waals surface area contributed by atoms with Crippen LogP contribution in [0.1, 0.15) is 52.4 Å². The quantitative estimate of drug-likeness (QED) is 0.759. The monoisotopic (exact) mass is 237 g/mol. The normalized spacial score (nSPS) is 38.9. The number of piperidine rings is 1. The molecule has 2 aliphatic rings. The zero-order chi connectivity index (χ0) is 12.3. The van der Waals surface area contributed by atoms with E-state index in [4.69, 9.17) is 4.74 Å². The lowest BCUT2D eigenvalue weighted by atomic mass is 9.83. The molecule has 1 saturated heterocycles. The lowest BCUT2D eigenvalue weighted by Gasteiger charge is -2.35. The molecule has 98 valence electrons. The summed E-state index contributed by atoms with van der Waals surface area (Å²) in [5.41, 5.74) is 1.34. The molecule has 0 aromatic rings. The summed E-state index contributed by atoms with van der Waals surface area (Å²) in [5.74, 6) is 1.50. The van der Waals surface area contributed by atoms with Gasteiger partial charge in [-0.3, -0.25) is 5.32 Å². The molecule has 2 fully saturated rings. The largest absolute Gasteiger partial charge is 0.360 e. The molecule has 2 rings (SSSR count). The van der Waals surface area contributed by atoms with Crippen molar-refractivity contribution in [2.24, 2.45) is 11.8 Å². The van der Waals surface area contributed by atoms with E-state index in [9.17, 15) is 0 Å². The predicted molar refractivity (Wildman–Crippen MR) is 71.8 cm³/mol. The van der Waals surface area contributed by atoms with Gasteiger partial charge in [-0.2, -0.15) is 0 Å². The number of rotatable bonds is 3. The van der Waals surface area contributed by atoms with Crippen molar-refractivity contribution in [2.75, 3.05) is 6.54 Å². The zero-order valence-corrected chi connectivity index (χ0v) is 11.4. The molecule has 1 N–H and O–H groups in total. The first kappa shape index (κ1) is 13.1. The SMILES string of the molecule is C=C(C)C1CCCC(OC2CC(C)CCN2)C1. The maximum atomic E-state index is 6.23. The average molecular weight is 237 g/mol. The van der Waals surface area contributed by atoms with Crippen LogP contribution in [0.4, 0.5) is 0 Å². The second-order valence-corrected chi connectivity index (χ2v) is 6.04. The minimum absolute atomic E-state index is 0.299. The highest BCUT2D eigenvalue weighted by atomic mass is 16.5. The fourth-order valence-corrected chi connectivity index (χ4v) is 3.11. The summed E-state index contributed by atoms with van der Waals surface area (Å²) < 4.78 is 6.23. The molecule has 1 aliphatic heterocycles. The van der Waals surface area contributed by atoms with Crippen molar-refractivity contribution < 1.29 is 4.74 Å². The van der Waals surface area contributed by atoms with Gasteiger partial charge in [-0.1, -0.05) is 25.5 Å². The number of allylic oxidation sites excluding steroid dienone is 1. The molecule has 2 nitrogen and oxygen atoms in total. The van der Waals surface area contributed by atoms with Gasteiger partial charge in [0.05, 0.1) is 6.10 Å². The van der Waals surface area contributed by atoms with E-state index in [1.807, 2.05) is 0 Å². The standard InChI is InChI=1S/C15H27NO/c1-11(2)13-5-4-6-14(10-13)17-15-9-12(3)7-8-16-15/h12-16H,1,4-10H2,2-3H3. The summed E-state index contributed by atoms with van der Waals surface area (Å²) in [6.45, 7) is 9.70. The van der Waals surface area contributed by atoms with Crippen LogP contribution in [-0.4, -0.2) is 18.9 Å². The van der Waals surface area contributed by atoms with E-state index in [1.54, 1.807) is 0 Å². The molecule has 1 heterocycles. The Morgan fingerprint density at radius 1 is 1.24 bits per heavy atom. The fraction of sp³-hybridized carbons (Fsp3) is 0.867. The van der Waals surface area contributed by atoms with E-state index >= 15 is 0 Å². The Kier molecular flexibility index (Phi) is 4.63. The molecular weight excluding hydrogens is 210 g/mol. The third-order valence-electron chi connectivity index (χ3n) is 4.31. The maximum Gasteiger partial charge on any atom is 0.108 e. The number of nitrogens with one attached hydrogen (secondary N) is 1. The van der Waals surface area contributed by atoms with Gasteiger partial charge >= 0.3 is 0 Å². The fourth-order valence-electron chi connectivity index (χ4n) is 3.11. The predicted octanol–water partition coefficient (Wildman–Crippen LogP) is 3.48. The van der Waals surface area contributed by atoms with E-state index in [-0.39, 0.29) is 0 Å². The van der Waals surface area contributed by atoms with E-state index in [0.717, 1.165) is 12.5 Å². The molecule has 1 aliphatic carbocycles. The Morgan fingerprint density at radius 3 is 2.76 bits per heavy atom. The molecule has 4 unspecified atom stereocenters. The number of hydrogen-bond donors (Lipinski definition) is 1. The van der Waals surface area contributed by atoms with Crippen LogP contribution in [-0.2, 0) is 4.74 Å². The highest BCUT2D eigenvalue weighted by molar-refractivity contribution is 4.98. The molecular formula is C15H27NO. The van der Waals surface area contributed by atoms with Crippen LogP contribution < -0.4 is 5.32 Å². The molecule has 0 radical (unpaired) electrons. The Labute approximate surface area is 106 Å². The third kappa shape index (κ3) is 3.82. The zero-order valence-electron chi connectivity index (χ0n) is 11.4. The summed E-state index contributed by atoms with van der Waals surface area (Å²) in [4.78, 5) is 0. The van der Waals surface area contributed by atoms with Crippen molar-refractivity contribution in [2.45, 2.75) is 64.7 Å². The minimum Gasteiger partial charge on any atom is -0.360 e. The van der Waals surface area contributed by atoms with Crippen molar-refractivity contribution in [1.29, 1.82) is 0 Å². The molecule has 0 bridgehead atoms. The lowest BCUT2D eigenvalue weighted by molar-refractivity contribution is -0.0700. The van der Waals surface area contributed by atoms with E-state index in [0.29, 0.717) is 18.2 Å². The summed E-state index contributed by atoms with van der Waals surface area (Å²) in [6, 6.07) is 0. The van der Waals surface area contributed by atoms with Crippen LogP contribution in [0.3, 0.4) is 0 Å². The summed E-state index contributed by atoms with van der Waals surface area (Å²) in [7, 11) is 0. The Hall–Kier alpha value is -0.340. The van der Waals surface area contributed by atoms with Gasteiger partial charge in [0.2, 0.25) is 0 Å². The number of hydrogen-bond acceptors (Lipinski definition) is 2. The average Bonchev–Trinajstić information content (AvgIpc) is 2.29. The van der Waals surface area contributed by atoms with Crippen molar-refractivity contribution in [1.82, 2.24) is 5.32 Å². The first-order chi connectivity index (χ1) is 8.15. The van der Waals surface area contributed by atoms with Gasteiger partial charge in [0.25, 0.3) is 0 Å². The van der Waals surface area contributed by atoms with Crippen LogP contribution in [0.25, 0.3) is 0 Å². The highest BCUT2D eigenvalue weighted by Crippen LogP contribution is 2.31. The molecule has 0 amide bonds. The topological polar surface area (TPSA) is 21.3 Å². The van der Waals surface area contributed by atoms with E-state index < -0.39 is 0 Å². The van der Waals surface area contributed by atoms with Crippen LogP contribution >= 0.6 is 0 Å². The van der Waals surface area contributed by atoms with Crippen molar-refractivity contribution in [3.05, 3.63) is 12.2 Å². The summed E-state index contributed by atoms with van der Waals surface area (Å²) in [6.07, 6.45) is 8.24. The van der Waals surface area contributed by atoms with E-state index in [2.05, 4.69) is 25.7 Å². The summed E-state index contributed by atoms with van der Waals surface area (Å²) >= 11 is 0. The van der Waals surface area contributed by atoms with Gasteiger partial charge in [-0.05, 0) is 57.4 Å². The Morgan fingerprint density at radius 2 is 2.06 bits per heavy atom. The van der Waals surface area contributed by atoms with Gasteiger partial charge in [-0.15, -0.1) is 0 Å². The van der Waals surface area contributed by atoms with Gasteiger partial charge < -0.3 is 4.74 Å². The van der Waals surface area contributed by atoms with Crippen LogP contribution in [0, 0.1) is 11.8 Å². The smallest absolute Gasteiger partial charge is 0.108 e. The first-order valence-corrected chi connectivity index (χ1v) is 7.19. The van der Waals surface area contributed by atoms with Gasteiger partial charge in [0.1, 0.15) is 6.23 Å². The third-order valence-corrected chi connectivity index (χ3v) is 4.31. The molecule has 4 atom stereocenters. The molecule has 0 aromatic heterocycles. The Balaban J connectivity index is 1.79. The highest BCUT2D eigenvalue weighted by Gasteiger charge is 2.27. The first-order valence-electron chi connectivity index (χ1n) is 7.19. The maximum absolute atomic E-state index is 6.23. The van der Waals surface area contributed by atoms with Crippen LogP contribution in [0.2, 0.25) is 0 Å². The number of ether oxygens (including phenoxy) is 1. The second-order valence-electron chi connectivity index (χ2n) is 6.04. The van der Waals surface area contributed by atoms with Gasteiger partial charge in [0, 0.05) is 0 Å². The molecule has 0 spiro atoms. The minimum atomic E-state index is 0.299. The molecule has 2 heteroatoms. The van der Waals surface area contributed by atoms with Crippen molar-refractivity contribution in [3.63, 3.8) is 0 Å². The molecule has 1 saturated carbocycles. The second kappa shape index (κ2) is 6.01. The van der Waals surface area contributed by atoms with Crippen molar-refractivity contribution in [3.8, 4) is 0 Å². The lowest BCUT2D eigenvalue weighted by Crippen LogP contribution is -2.42. The van der Waals surface area contributed by atoms with Crippen molar-refractivity contribution >= 4 is 0 Å². The van der Waals surface area contributed by atoms with Crippen LogP contribution in [0.5, 0.6) is 0 Å². The van der Waals surface area contributed by atoms with Gasteiger partial charge in [0.15, 0.2) is 0 Å². The molecule has 17 heavy (non-hydrogen) atoms. The Bertz CT molecular complexity index is 264. The van der Waals surface area contributed by atoms with E-state index in [1.165, 1.54) is 44.1 Å². The molecule has 0 aromatic carbocycles.